The predicted octanol–water partition coefficient (Wildman–Crippen LogP) is 4.21. The maximum atomic E-state index is 5.49. The monoisotopic (exact) mass is 385 g/mol. The highest BCUT2D eigenvalue weighted by molar-refractivity contribution is 14.1. The average molecular weight is 385 g/mol. The molecule has 0 N–H and O–H groups in total. The highest BCUT2D eigenvalue weighted by atomic mass is 127. The predicted molar refractivity (Wildman–Crippen MR) is 93.8 cm³/mol. The fourth-order valence-corrected chi connectivity index (χ4v) is 3.37. The fourth-order valence-electron chi connectivity index (χ4n) is 3.14. The Morgan fingerprint density at radius 1 is 1.45 bits per heavy atom. The van der Waals surface area contributed by atoms with Crippen LogP contribution in [0.1, 0.15) is 30.9 Å². The highest BCUT2D eigenvalue weighted by Gasteiger charge is 2.24. The molecule has 20 heavy (non-hydrogen) atoms. The zero-order chi connectivity index (χ0) is 14.4. The molecule has 110 valence electrons. The van der Waals surface area contributed by atoms with Crippen LogP contribution in [0.3, 0.4) is 0 Å². The third-order valence-corrected chi connectivity index (χ3v) is 4.60. The Hall–Kier alpha value is -0.550. The van der Waals surface area contributed by atoms with E-state index in [2.05, 4.69) is 62.8 Å². The molecule has 0 spiro atoms. The van der Waals surface area contributed by atoms with Crippen molar-refractivity contribution in [2.75, 3.05) is 20.2 Å². The molecule has 0 saturated heterocycles. The van der Waals surface area contributed by atoms with E-state index in [1.807, 2.05) is 0 Å². The molecular formula is C17H24INO. The molecule has 0 heterocycles. The first kappa shape index (κ1) is 15.8. The Morgan fingerprint density at radius 2 is 2.30 bits per heavy atom. The van der Waals surface area contributed by atoms with E-state index in [1.165, 1.54) is 30.5 Å². The van der Waals surface area contributed by atoms with Crippen molar-refractivity contribution in [3.8, 4) is 5.75 Å². The van der Waals surface area contributed by atoms with Gasteiger partial charge < -0.3 is 4.74 Å². The highest BCUT2D eigenvalue weighted by Crippen LogP contribution is 2.31. The van der Waals surface area contributed by atoms with Crippen LogP contribution in [0.4, 0.5) is 0 Å². The number of ether oxygens (including phenoxy) is 1. The fraction of sp³-hybridized carbons (Fsp3) is 0.529. The molecule has 1 atom stereocenters. The summed E-state index contributed by atoms with van der Waals surface area (Å²) in [4.78, 5) is 2.62. The van der Waals surface area contributed by atoms with E-state index in [-0.39, 0.29) is 0 Å². The summed E-state index contributed by atoms with van der Waals surface area (Å²) in [6, 6.07) is 7.14. The summed E-state index contributed by atoms with van der Waals surface area (Å²) in [7, 11) is 1.77. The lowest BCUT2D eigenvalue weighted by Crippen LogP contribution is -2.40. The van der Waals surface area contributed by atoms with E-state index in [0.29, 0.717) is 6.04 Å². The Kier molecular flexibility index (Phi) is 6.36. The Labute approximate surface area is 136 Å². The van der Waals surface area contributed by atoms with Gasteiger partial charge in [-0.2, -0.15) is 0 Å². The molecule has 0 saturated carbocycles. The molecule has 1 aliphatic rings. The van der Waals surface area contributed by atoms with E-state index < -0.39 is 0 Å². The van der Waals surface area contributed by atoms with Crippen molar-refractivity contribution >= 4 is 22.6 Å². The van der Waals surface area contributed by atoms with Gasteiger partial charge in [0.1, 0.15) is 5.75 Å². The maximum Gasteiger partial charge on any atom is 0.122 e. The molecule has 0 amide bonds. The second kappa shape index (κ2) is 8.03. The lowest BCUT2D eigenvalue weighted by Gasteiger charge is -2.35. The Bertz CT molecular complexity index is 458. The number of fused-ring (bicyclic) bond motifs is 1. The van der Waals surface area contributed by atoms with Gasteiger partial charge in [-0.1, -0.05) is 47.7 Å². The van der Waals surface area contributed by atoms with Crippen molar-refractivity contribution < 1.29 is 4.74 Å². The van der Waals surface area contributed by atoms with Crippen LogP contribution in [-0.4, -0.2) is 31.1 Å². The van der Waals surface area contributed by atoms with Crippen molar-refractivity contribution in [3.63, 3.8) is 0 Å². The number of nitrogens with zero attached hydrogens (tertiary/aromatic N) is 1. The zero-order valence-corrected chi connectivity index (χ0v) is 14.6. The molecule has 0 unspecified atom stereocenters. The molecular weight excluding hydrogens is 361 g/mol. The summed E-state index contributed by atoms with van der Waals surface area (Å²) in [6.45, 7) is 4.52. The van der Waals surface area contributed by atoms with Crippen molar-refractivity contribution in [2.24, 2.45) is 0 Å². The van der Waals surface area contributed by atoms with E-state index in [4.69, 9.17) is 4.74 Å². The molecule has 1 aliphatic carbocycles. The Morgan fingerprint density at radius 3 is 3.00 bits per heavy atom. The van der Waals surface area contributed by atoms with Crippen LogP contribution in [-0.2, 0) is 12.8 Å². The van der Waals surface area contributed by atoms with E-state index in [0.717, 1.165) is 25.1 Å². The molecule has 0 fully saturated rings. The topological polar surface area (TPSA) is 12.5 Å². The molecule has 0 aromatic heterocycles. The number of halogens is 1. The molecule has 3 heteroatoms. The van der Waals surface area contributed by atoms with Gasteiger partial charge in [0.25, 0.3) is 0 Å². The van der Waals surface area contributed by atoms with Crippen LogP contribution in [0.25, 0.3) is 0 Å². The smallest absolute Gasteiger partial charge is 0.122 e. The van der Waals surface area contributed by atoms with Crippen molar-refractivity contribution in [1.29, 1.82) is 0 Å². The van der Waals surface area contributed by atoms with Crippen molar-refractivity contribution in [3.05, 3.63) is 39.5 Å². The summed E-state index contributed by atoms with van der Waals surface area (Å²) in [5.41, 5.74) is 2.90. The average Bonchev–Trinajstić information content (AvgIpc) is 2.50. The summed E-state index contributed by atoms with van der Waals surface area (Å²) in [5, 5.41) is 0. The third-order valence-electron chi connectivity index (χ3n) is 4.09. The minimum atomic E-state index is 0.669. The van der Waals surface area contributed by atoms with E-state index in [1.54, 1.807) is 7.11 Å². The number of rotatable bonds is 6. The van der Waals surface area contributed by atoms with Crippen molar-refractivity contribution in [2.45, 2.75) is 38.6 Å². The molecule has 0 bridgehead atoms. The van der Waals surface area contributed by atoms with Gasteiger partial charge >= 0.3 is 0 Å². The molecule has 1 aromatic rings. The molecule has 0 radical (unpaired) electrons. The SMILES string of the molecule is CCCN(C/C=C/I)[C@@H]1CCc2c(cccc2OC)C1. The number of benzene rings is 1. The van der Waals surface area contributed by atoms with Gasteiger partial charge in [0.2, 0.25) is 0 Å². The lowest BCUT2D eigenvalue weighted by molar-refractivity contribution is 0.198. The number of hydrogen-bond donors (Lipinski definition) is 0. The summed E-state index contributed by atoms with van der Waals surface area (Å²) < 4.78 is 7.62. The van der Waals surface area contributed by atoms with Crippen LogP contribution in [0.15, 0.2) is 28.4 Å². The normalized spacial score (nSPS) is 18.5. The first-order valence-corrected chi connectivity index (χ1v) is 8.68. The molecule has 2 nitrogen and oxygen atoms in total. The van der Waals surface area contributed by atoms with Gasteiger partial charge in [0, 0.05) is 12.6 Å². The van der Waals surface area contributed by atoms with Crippen LogP contribution in [0.5, 0.6) is 5.75 Å². The zero-order valence-electron chi connectivity index (χ0n) is 12.4. The first-order chi connectivity index (χ1) is 9.80. The molecule has 2 rings (SSSR count). The van der Waals surface area contributed by atoms with E-state index >= 15 is 0 Å². The quantitative estimate of drug-likeness (QED) is 0.681. The van der Waals surface area contributed by atoms with Crippen LogP contribution in [0, 0.1) is 0 Å². The van der Waals surface area contributed by atoms with Gasteiger partial charge in [0.05, 0.1) is 7.11 Å². The largest absolute Gasteiger partial charge is 0.496 e. The standard InChI is InChI=1S/C17H24INO/c1-3-11-19(12-5-10-18)15-8-9-16-14(13-15)6-4-7-17(16)20-2/h4-7,10,15H,3,8-9,11-13H2,1-2H3/b10-5+/t15-/m1/s1. The minimum absolute atomic E-state index is 0.669. The van der Waals surface area contributed by atoms with Gasteiger partial charge in [-0.25, -0.2) is 0 Å². The summed E-state index contributed by atoms with van der Waals surface area (Å²) in [5.74, 6) is 1.06. The van der Waals surface area contributed by atoms with E-state index in [9.17, 15) is 0 Å². The molecule has 0 aliphatic heterocycles. The number of hydrogen-bond acceptors (Lipinski definition) is 2. The van der Waals surface area contributed by atoms with Crippen LogP contribution < -0.4 is 4.74 Å². The Balaban J connectivity index is 2.12. The third kappa shape index (κ3) is 3.76. The second-order valence-corrected chi connectivity index (χ2v) is 6.07. The maximum absolute atomic E-state index is 5.49. The number of methoxy groups -OCH3 is 1. The van der Waals surface area contributed by atoms with Gasteiger partial charge in [-0.05, 0) is 53.5 Å². The minimum Gasteiger partial charge on any atom is -0.496 e. The van der Waals surface area contributed by atoms with Crippen LogP contribution in [0.2, 0.25) is 0 Å². The van der Waals surface area contributed by atoms with Gasteiger partial charge in [-0.3, -0.25) is 4.90 Å². The van der Waals surface area contributed by atoms with Crippen LogP contribution >= 0.6 is 22.6 Å². The van der Waals surface area contributed by atoms with Crippen molar-refractivity contribution in [1.82, 2.24) is 4.90 Å². The second-order valence-electron chi connectivity index (χ2n) is 5.35. The van der Waals surface area contributed by atoms with Gasteiger partial charge in [0.15, 0.2) is 0 Å². The van der Waals surface area contributed by atoms with Gasteiger partial charge in [-0.15, -0.1) is 0 Å². The lowest BCUT2D eigenvalue weighted by atomic mass is 9.86. The first-order valence-electron chi connectivity index (χ1n) is 7.44. The summed E-state index contributed by atoms with van der Waals surface area (Å²) >= 11 is 2.31. The molecule has 1 aromatic carbocycles. The summed E-state index contributed by atoms with van der Waals surface area (Å²) in [6.07, 6.45) is 7.01.